The Kier molecular flexibility index (Phi) is 4.30. The highest BCUT2D eigenvalue weighted by molar-refractivity contribution is 5.74. The molecule has 0 amide bonds. The van der Waals surface area contributed by atoms with Crippen LogP contribution in [0.2, 0.25) is 0 Å². The minimum Gasteiger partial charge on any atom is -0.479 e. The fourth-order valence-electron chi connectivity index (χ4n) is 1.32. The van der Waals surface area contributed by atoms with Gasteiger partial charge >= 0.3 is 12.3 Å². The Morgan fingerprint density at radius 2 is 1.79 bits per heavy atom. The summed E-state index contributed by atoms with van der Waals surface area (Å²) >= 11 is 0. The summed E-state index contributed by atoms with van der Waals surface area (Å²) in [6, 6.07) is 1.61. The number of aliphatic carboxylic acids is 1. The molecule has 0 bridgehead atoms. The van der Waals surface area contributed by atoms with E-state index < -0.39 is 41.7 Å². The number of ether oxygens (including phenoxy) is 1. The molecule has 0 saturated carbocycles. The van der Waals surface area contributed by atoms with Gasteiger partial charge in [-0.1, -0.05) is 6.07 Å². The predicted molar refractivity (Wildman–Crippen MR) is 50.7 cm³/mol. The molecule has 0 aliphatic heterocycles. The van der Waals surface area contributed by atoms with Gasteiger partial charge in [0.15, 0.2) is 6.10 Å². The van der Waals surface area contributed by atoms with Crippen LogP contribution in [-0.2, 0) is 4.79 Å². The number of rotatable bonds is 4. The Bertz CT molecular complexity index is 471. The van der Waals surface area contributed by atoms with Gasteiger partial charge in [-0.3, -0.25) is 0 Å². The molecule has 4 nitrogen and oxygen atoms in total. The summed E-state index contributed by atoms with van der Waals surface area (Å²) in [4.78, 5) is 10.5. The molecule has 1 atom stereocenters. The number of carboxylic acid groups (broad SMARTS) is 1. The highest BCUT2D eigenvalue weighted by Crippen LogP contribution is 2.33. The average Bonchev–Trinajstić information content (AvgIpc) is 2.25. The summed E-state index contributed by atoms with van der Waals surface area (Å²) in [5.74, 6) is -2.73. The largest absolute Gasteiger partial charge is 0.573 e. The summed E-state index contributed by atoms with van der Waals surface area (Å²) in [6.07, 6.45) is -10.6. The molecule has 0 saturated heterocycles. The van der Waals surface area contributed by atoms with E-state index in [1.165, 1.54) is 0 Å². The monoisotopic (exact) mass is 286 g/mol. The van der Waals surface area contributed by atoms with Crippen molar-refractivity contribution in [1.29, 1.82) is 0 Å². The van der Waals surface area contributed by atoms with Crippen molar-refractivity contribution < 1.29 is 41.7 Å². The van der Waals surface area contributed by atoms with Crippen LogP contribution in [0.5, 0.6) is 5.75 Å². The van der Waals surface area contributed by atoms with Crippen LogP contribution in [0.25, 0.3) is 0 Å². The van der Waals surface area contributed by atoms with Crippen molar-refractivity contribution in [2.75, 3.05) is 0 Å². The second-order valence-corrected chi connectivity index (χ2v) is 3.38. The highest BCUT2D eigenvalue weighted by atomic mass is 19.4. The van der Waals surface area contributed by atoms with E-state index in [9.17, 15) is 26.7 Å². The molecule has 0 spiro atoms. The molecule has 106 valence electrons. The first-order valence-corrected chi connectivity index (χ1v) is 4.70. The minimum atomic E-state index is -5.06. The molecule has 0 aromatic heterocycles. The lowest BCUT2D eigenvalue weighted by molar-refractivity contribution is -0.274. The van der Waals surface area contributed by atoms with Crippen LogP contribution in [0.3, 0.4) is 0 Å². The first-order chi connectivity index (χ1) is 8.61. The molecule has 1 aromatic carbocycles. The lowest BCUT2D eigenvalue weighted by Crippen LogP contribution is -2.18. The molecule has 1 aromatic rings. The van der Waals surface area contributed by atoms with Gasteiger partial charge in [0.1, 0.15) is 5.75 Å². The van der Waals surface area contributed by atoms with Crippen LogP contribution < -0.4 is 4.74 Å². The SMILES string of the molecule is O=C(O)C(O)c1ccc(OC(F)(F)F)cc1C(F)F. The van der Waals surface area contributed by atoms with Gasteiger partial charge in [-0.15, -0.1) is 13.2 Å². The molecular formula is C10H7F5O4. The lowest BCUT2D eigenvalue weighted by atomic mass is 10.0. The molecule has 1 rings (SSSR count). The smallest absolute Gasteiger partial charge is 0.479 e. The van der Waals surface area contributed by atoms with Crippen LogP contribution in [0.4, 0.5) is 22.0 Å². The maximum atomic E-state index is 12.6. The minimum absolute atomic E-state index is 0.333. The van der Waals surface area contributed by atoms with Crippen molar-refractivity contribution in [3.8, 4) is 5.75 Å². The third-order valence-corrected chi connectivity index (χ3v) is 2.06. The molecule has 0 aliphatic rings. The predicted octanol–water partition coefficient (Wildman–Crippen LogP) is 2.64. The summed E-state index contributed by atoms with van der Waals surface area (Å²) in [6.45, 7) is 0. The van der Waals surface area contributed by atoms with Gasteiger partial charge in [0.05, 0.1) is 0 Å². The molecule has 9 heteroatoms. The molecular weight excluding hydrogens is 279 g/mol. The molecule has 0 radical (unpaired) electrons. The fraction of sp³-hybridized carbons (Fsp3) is 0.300. The number of carboxylic acids is 1. The van der Waals surface area contributed by atoms with Crippen molar-refractivity contribution in [2.24, 2.45) is 0 Å². The van der Waals surface area contributed by atoms with E-state index in [2.05, 4.69) is 4.74 Å². The fourth-order valence-corrected chi connectivity index (χ4v) is 1.32. The van der Waals surface area contributed by atoms with E-state index in [4.69, 9.17) is 10.2 Å². The van der Waals surface area contributed by atoms with Crippen LogP contribution in [0.1, 0.15) is 23.7 Å². The zero-order chi connectivity index (χ0) is 14.8. The number of aliphatic hydroxyl groups excluding tert-OH is 1. The normalized spacial score (nSPS) is 13.4. The number of halogens is 5. The van der Waals surface area contributed by atoms with Crippen molar-refractivity contribution in [3.63, 3.8) is 0 Å². The number of aliphatic hydroxyl groups is 1. The molecule has 19 heavy (non-hydrogen) atoms. The first-order valence-electron chi connectivity index (χ1n) is 4.70. The van der Waals surface area contributed by atoms with Gasteiger partial charge in [0.2, 0.25) is 0 Å². The third kappa shape index (κ3) is 4.05. The molecule has 0 heterocycles. The first kappa shape index (κ1) is 15.2. The molecule has 2 N–H and O–H groups in total. The van der Waals surface area contributed by atoms with Crippen molar-refractivity contribution >= 4 is 5.97 Å². The van der Waals surface area contributed by atoms with E-state index in [1.807, 2.05) is 0 Å². The lowest BCUT2D eigenvalue weighted by Gasteiger charge is -2.15. The van der Waals surface area contributed by atoms with Gasteiger partial charge in [0.25, 0.3) is 6.43 Å². The maximum Gasteiger partial charge on any atom is 0.573 e. The standard InChI is InChI=1S/C10H7F5O4/c11-8(12)6-3-4(19-10(13,14)15)1-2-5(6)7(16)9(17)18/h1-3,7-8,16H,(H,17,18). The van der Waals surface area contributed by atoms with Gasteiger partial charge in [-0.05, 0) is 12.1 Å². The second kappa shape index (κ2) is 5.39. The zero-order valence-electron chi connectivity index (χ0n) is 8.99. The average molecular weight is 286 g/mol. The summed E-state index contributed by atoms with van der Waals surface area (Å²) in [7, 11) is 0. The Labute approximate surface area is 103 Å². The number of benzene rings is 1. The van der Waals surface area contributed by atoms with E-state index in [0.717, 1.165) is 0 Å². The quantitative estimate of drug-likeness (QED) is 0.835. The van der Waals surface area contributed by atoms with Crippen molar-refractivity contribution in [1.82, 2.24) is 0 Å². The molecule has 1 unspecified atom stereocenters. The number of hydrogen-bond donors (Lipinski definition) is 2. The summed E-state index contributed by atoms with van der Waals surface area (Å²) in [5, 5.41) is 17.6. The van der Waals surface area contributed by atoms with Crippen LogP contribution in [0.15, 0.2) is 18.2 Å². The number of hydrogen-bond acceptors (Lipinski definition) is 3. The van der Waals surface area contributed by atoms with Crippen LogP contribution >= 0.6 is 0 Å². The third-order valence-electron chi connectivity index (χ3n) is 2.06. The second-order valence-electron chi connectivity index (χ2n) is 3.38. The highest BCUT2D eigenvalue weighted by Gasteiger charge is 2.32. The van der Waals surface area contributed by atoms with Crippen LogP contribution in [0, 0.1) is 0 Å². The molecule has 0 aliphatic carbocycles. The van der Waals surface area contributed by atoms with Gasteiger partial charge in [0, 0.05) is 11.1 Å². The van der Waals surface area contributed by atoms with E-state index in [-0.39, 0.29) is 0 Å². The Morgan fingerprint density at radius 1 is 1.21 bits per heavy atom. The van der Waals surface area contributed by atoms with Crippen LogP contribution in [-0.4, -0.2) is 22.5 Å². The summed E-state index contributed by atoms with van der Waals surface area (Å²) < 4.78 is 64.4. The van der Waals surface area contributed by atoms with Gasteiger partial charge in [-0.25, -0.2) is 13.6 Å². The van der Waals surface area contributed by atoms with E-state index in [1.54, 1.807) is 0 Å². The Morgan fingerprint density at radius 3 is 2.21 bits per heavy atom. The van der Waals surface area contributed by atoms with Gasteiger partial charge in [-0.2, -0.15) is 0 Å². The van der Waals surface area contributed by atoms with E-state index >= 15 is 0 Å². The number of carbonyl (C=O) groups is 1. The Hall–Kier alpha value is -1.90. The van der Waals surface area contributed by atoms with Crippen molar-refractivity contribution in [3.05, 3.63) is 29.3 Å². The van der Waals surface area contributed by atoms with E-state index in [0.29, 0.717) is 18.2 Å². The zero-order valence-corrected chi connectivity index (χ0v) is 8.99. The Balaban J connectivity index is 3.19. The molecule has 0 fully saturated rings. The number of alkyl halides is 5. The summed E-state index contributed by atoms with van der Waals surface area (Å²) in [5.41, 5.74) is -1.74. The topological polar surface area (TPSA) is 66.8 Å². The maximum absolute atomic E-state index is 12.6. The van der Waals surface area contributed by atoms with Gasteiger partial charge < -0.3 is 14.9 Å². The van der Waals surface area contributed by atoms with Crippen molar-refractivity contribution in [2.45, 2.75) is 18.9 Å².